The molecule has 0 fully saturated rings. The largest absolute Gasteiger partial charge is 0.508 e. The molecule has 6 nitrogen and oxygen atoms in total. The number of aryl methyl sites for hydroxylation is 1. The van der Waals surface area contributed by atoms with Crippen molar-refractivity contribution in [1.29, 1.82) is 0 Å². The maximum Gasteiger partial charge on any atom is 0.244 e. The van der Waals surface area contributed by atoms with E-state index < -0.39 is 6.04 Å². The zero-order valence-corrected chi connectivity index (χ0v) is 19.8. The van der Waals surface area contributed by atoms with Crippen molar-refractivity contribution in [1.82, 2.24) is 5.32 Å². The number of anilines is 1. The Hall–Kier alpha value is -3.51. The van der Waals surface area contributed by atoms with Gasteiger partial charge in [0.25, 0.3) is 0 Å². The molecule has 3 aromatic carbocycles. The number of hydrogen-bond acceptors (Lipinski definition) is 5. The van der Waals surface area contributed by atoms with Crippen molar-refractivity contribution in [3.05, 3.63) is 83.4 Å². The third-order valence-electron chi connectivity index (χ3n) is 5.64. The zero-order chi connectivity index (χ0) is 24.0. The van der Waals surface area contributed by atoms with E-state index in [-0.39, 0.29) is 24.2 Å². The Bertz CT molecular complexity index is 1100. The fraction of sp³-hybridized carbons (Fsp3) is 0.296. The maximum absolute atomic E-state index is 13.6. The standard InChI is InChI=1S/C27H32N2O4/c1-18-8-6-9-21(14-18)19(2)28-20(3)27(31)29(23-10-7-11-24(30)15-23)17-22-12-13-25(32-4)16-26(22)33-5/h6-16,19-20,28,30H,17H2,1-5H3. The minimum Gasteiger partial charge on any atom is -0.508 e. The molecule has 1 amide bonds. The number of nitrogens with one attached hydrogen (secondary N) is 1. The molecule has 2 unspecified atom stereocenters. The van der Waals surface area contributed by atoms with Crippen molar-refractivity contribution in [2.45, 2.75) is 39.4 Å². The van der Waals surface area contributed by atoms with Crippen LogP contribution < -0.4 is 19.7 Å². The highest BCUT2D eigenvalue weighted by atomic mass is 16.5. The first-order valence-corrected chi connectivity index (χ1v) is 11.0. The number of carbonyl (C=O) groups is 1. The van der Waals surface area contributed by atoms with Gasteiger partial charge in [-0.1, -0.05) is 35.9 Å². The first-order chi connectivity index (χ1) is 15.8. The molecule has 0 aliphatic rings. The summed E-state index contributed by atoms with van der Waals surface area (Å²) >= 11 is 0. The van der Waals surface area contributed by atoms with Crippen LogP contribution in [-0.2, 0) is 11.3 Å². The number of benzene rings is 3. The number of phenolic OH excluding ortho intramolecular Hbond substituents is 1. The second kappa shape index (κ2) is 10.9. The van der Waals surface area contributed by atoms with E-state index in [0.29, 0.717) is 17.2 Å². The maximum atomic E-state index is 13.6. The van der Waals surface area contributed by atoms with Crippen LogP contribution >= 0.6 is 0 Å². The van der Waals surface area contributed by atoms with E-state index in [4.69, 9.17) is 9.47 Å². The molecule has 0 saturated heterocycles. The van der Waals surface area contributed by atoms with Gasteiger partial charge in [0.2, 0.25) is 5.91 Å². The van der Waals surface area contributed by atoms with Crippen LogP contribution in [0.15, 0.2) is 66.7 Å². The molecule has 2 N–H and O–H groups in total. The average molecular weight is 449 g/mol. The minimum atomic E-state index is -0.466. The lowest BCUT2D eigenvalue weighted by Crippen LogP contribution is -2.45. The fourth-order valence-corrected chi connectivity index (χ4v) is 3.83. The molecular formula is C27H32N2O4. The number of rotatable bonds is 9. The average Bonchev–Trinajstić information content (AvgIpc) is 2.82. The number of hydrogen-bond donors (Lipinski definition) is 2. The highest BCUT2D eigenvalue weighted by Crippen LogP contribution is 2.29. The molecule has 0 spiro atoms. The van der Waals surface area contributed by atoms with Crippen LogP contribution in [0, 0.1) is 6.92 Å². The molecule has 0 aromatic heterocycles. The van der Waals surface area contributed by atoms with E-state index in [1.54, 1.807) is 43.4 Å². The summed E-state index contributed by atoms with van der Waals surface area (Å²) < 4.78 is 10.8. The van der Waals surface area contributed by atoms with Crippen molar-refractivity contribution in [2.75, 3.05) is 19.1 Å². The molecule has 174 valence electrons. The van der Waals surface area contributed by atoms with Gasteiger partial charge in [-0.15, -0.1) is 0 Å². The van der Waals surface area contributed by atoms with Crippen molar-refractivity contribution in [3.8, 4) is 17.2 Å². The number of methoxy groups -OCH3 is 2. The SMILES string of the molecule is COc1ccc(CN(C(=O)C(C)NC(C)c2cccc(C)c2)c2cccc(O)c2)c(OC)c1. The molecule has 2 atom stereocenters. The van der Waals surface area contributed by atoms with Crippen LogP contribution in [0.4, 0.5) is 5.69 Å². The van der Waals surface area contributed by atoms with Crippen LogP contribution in [-0.4, -0.2) is 31.3 Å². The van der Waals surface area contributed by atoms with Crippen molar-refractivity contribution in [3.63, 3.8) is 0 Å². The number of amides is 1. The van der Waals surface area contributed by atoms with Crippen molar-refractivity contribution in [2.24, 2.45) is 0 Å². The fourth-order valence-electron chi connectivity index (χ4n) is 3.83. The molecule has 0 aliphatic carbocycles. The molecule has 6 heteroatoms. The molecule has 0 radical (unpaired) electrons. The van der Waals surface area contributed by atoms with Gasteiger partial charge in [-0.05, 0) is 50.6 Å². The number of phenols is 1. The van der Waals surface area contributed by atoms with Gasteiger partial charge in [-0.25, -0.2) is 0 Å². The Morgan fingerprint density at radius 1 is 1.00 bits per heavy atom. The lowest BCUT2D eigenvalue weighted by Gasteiger charge is -2.29. The third-order valence-corrected chi connectivity index (χ3v) is 5.64. The predicted molar refractivity (Wildman–Crippen MR) is 131 cm³/mol. The van der Waals surface area contributed by atoms with Crippen LogP contribution in [0.1, 0.15) is 36.6 Å². The normalized spacial score (nSPS) is 12.6. The lowest BCUT2D eigenvalue weighted by atomic mass is 10.0. The molecule has 0 saturated carbocycles. The van der Waals surface area contributed by atoms with E-state index >= 15 is 0 Å². The smallest absolute Gasteiger partial charge is 0.244 e. The summed E-state index contributed by atoms with van der Waals surface area (Å²) in [6, 6.07) is 20.0. The van der Waals surface area contributed by atoms with Gasteiger partial charge in [0.15, 0.2) is 0 Å². The van der Waals surface area contributed by atoms with Gasteiger partial charge in [0, 0.05) is 29.4 Å². The minimum absolute atomic E-state index is 0.00889. The van der Waals surface area contributed by atoms with Crippen LogP contribution in [0.2, 0.25) is 0 Å². The number of ether oxygens (including phenoxy) is 2. The molecule has 3 rings (SSSR count). The lowest BCUT2D eigenvalue weighted by molar-refractivity contribution is -0.120. The molecule has 0 aliphatic heterocycles. The van der Waals surface area contributed by atoms with Gasteiger partial charge >= 0.3 is 0 Å². The quantitative estimate of drug-likeness (QED) is 0.483. The monoisotopic (exact) mass is 448 g/mol. The van der Waals surface area contributed by atoms with E-state index in [0.717, 1.165) is 11.1 Å². The summed E-state index contributed by atoms with van der Waals surface area (Å²) in [6.45, 7) is 6.23. The number of aromatic hydroxyl groups is 1. The van der Waals surface area contributed by atoms with Crippen LogP contribution in [0.3, 0.4) is 0 Å². The van der Waals surface area contributed by atoms with E-state index in [1.165, 1.54) is 5.56 Å². The summed E-state index contributed by atoms with van der Waals surface area (Å²) in [5.74, 6) is 1.28. The number of nitrogens with zero attached hydrogens (tertiary/aromatic N) is 1. The molecule has 3 aromatic rings. The molecular weight excluding hydrogens is 416 g/mol. The van der Waals surface area contributed by atoms with Crippen molar-refractivity contribution >= 4 is 11.6 Å². The van der Waals surface area contributed by atoms with Gasteiger partial charge in [0.05, 0.1) is 26.8 Å². The molecule has 0 heterocycles. The second-order valence-corrected chi connectivity index (χ2v) is 8.15. The summed E-state index contributed by atoms with van der Waals surface area (Å²) in [4.78, 5) is 15.3. The Morgan fingerprint density at radius 2 is 1.76 bits per heavy atom. The van der Waals surface area contributed by atoms with Gasteiger partial charge in [0.1, 0.15) is 17.2 Å². The van der Waals surface area contributed by atoms with Crippen LogP contribution in [0.25, 0.3) is 0 Å². The first kappa shape index (κ1) is 24.1. The summed E-state index contributed by atoms with van der Waals surface area (Å²) in [7, 11) is 3.19. The van der Waals surface area contributed by atoms with Crippen molar-refractivity contribution < 1.29 is 19.4 Å². The van der Waals surface area contributed by atoms with E-state index in [2.05, 4.69) is 30.4 Å². The van der Waals surface area contributed by atoms with Gasteiger partial charge < -0.3 is 19.5 Å². The third kappa shape index (κ3) is 6.05. The van der Waals surface area contributed by atoms with E-state index in [9.17, 15) is 9.90 Å². The Labute approximate surface area is 195 Å². The Kier molecular flexibility index (Phi) is 7.96. The first-order valence-electron chi connectivity index (χ1n) is 11.0. The predicted octanol–water partition coefficient (Wildman–Crippen LogP) is 4.99. The topological polar surface area (TPSA) is 71.0 Å². The zero-order valence-electron chi connectivity index (χ0n) is 19.8. The highest BCUT2D eigenvalue weighted by Gasteiger charge is 2.25. The summed E-state index contributed by atoms with van der Waals surface area (Å²) in [5.41, 5.74) is 3.73. The van der Waals surface area contributed by atoms with E-state index in [1.807, 2.05) is 38.1 Å². The Balaban J connectivity index is 1.88. The number of carbonyl (C=O) groups excluding carboxylic acids is 1. The highest BCUT2D eigenvalue weighted by molar-refractivity contribution is 5.97. The van der Waals surface area contributed by atoms with Gasteiger partial charge in [-0.3, -0.25) is 10.1 Å². The second-order valence-electron chi connectivity index (χ2n) is 8.15. The Morgan fingerprint density at radius 3 is 2.42 bits per heavy atom. The van der Waals surface area contributed by atoms with Gasteiger partial charge in [-0.2, -0.15) is 0 Å². The molecule has 33 heavy (non-hydrogen) atoms. The van der Waals surface area contributed by atoms with Crippen LogP contribution in [0.5, 0.6) is 17.2 Å². The summed E-state index contributed by atoms with van der Waals surface area (Å²) in [6.07, 6.45) is 0. The molecule has 0 bridgehead atoms. The summed E-state index contributed by atoms with van der Waals surface area (Å²) in [5, 5.41) is 13.5.